The van der Waals surface area contributed by atoms with E-state index in [1.807, 2.05) is 18.2 Å². The fourth-order valence-electron chi connectivity index (χ4n) is 11.1. The molecule has 0 saturated carbocycles. The molecule has 0 unspecified atom stereocenters. The molecule has 3 aromatic heterocycles. The van der Waals surface area contributed by atoms with Gasteiger partial charge < -0.3 is 8.98 Å². The standard InChI is InChI=1S/C65H38N4O/c1-2-15-39(16-3-1)63-66-64(44-29-31-50-48-23-9-8-21-46(48)47-22-10-11-24-49(47)53(50)35-44)68-65(67-63)45-30-32-58(69-57-27-13-12-25-51(57)54-33-40-17-4-6-19-42(40)37-59(54)69)55(36-45)52-26-14-28-60-62(52)56-34-41-18-5-7-20-43(41)38-61(56)70-60/h1-38H. The SMILES string of the molecule is c1ccc(-c2nc(-c3ccc(-n4c5ccccc5c5cc6ccccc6cc54)c(-c4cccc5oc6cc7ccccc7cc6c45)c3)nc(-c3ccc4c5ccccc5c5ccccc5c4c3)n2)cc1. The number of aromatic nitrogens is 4. The van der Waals surface area contributed by atoms with Crippen LogP contribution in [0.5, 0.6) is 0 Å². The molecule has 15 rings (SSSR count). The van der Waals surface area contributed by atoms with E-state index in [0.29, 0.717) is 17.5 Å². The Hall–Kier alpha value is -9.45. The maximum atomic E-state index is 6.73. The molecule has 0 bridgehead atoms. The van der Waals surface area contributed by atoms with Crippen molar-refractivity contribution in [3.63, 3.8) is 0 Å². The van der Waals surface area contributed by atoms with Crippen molar-refractivity contribution in [2.75, 3.05) is 0 Å². The van der Waals surface area contributed by atoms with E-state index in [4.69, 9.17) is 19.4 Å². The predicted octanol–water partition coefficient (Wildman–Crippen LogP) is 17.3. The molecule has 15 aromatic rings. The lowest BCUT2D eigenvalue weighted by molar-refractivity contribution is 0.669. The molecule has 0 atom stereocenters. The molecule has 70 heavy (non-hydrogen) atoms. The molecular formula is C65H38N4O. The minimum Gasteiger partial charge on any atom is -0.456 e. The monoisotopic (exact) mass is 890 g/mol. The highest BCUT2D eigenvalue weighted by Crippen LogP contribution is 2.45. The highest BCUT2D eigenvalue weighted by Gasteiger charge is 2.23. The molecule has 3 heterocycles. The Morgan fingerprint density at radius 1 is 0.286 bits per heavy atom. The van der Waals surface area contributed by atoms with Gasteiger partial charge in [0.2, 0.25) is 0 Å². The summed E-state index contributed by atoms with van der Waals surface area (Å²) < 4.78 is 9.16. The third-order valence-corrected chi connectivity index (χ3v) is 14.4. The van der Waals surface area contributed by atoms with E-state index in [-0.39, 0.29) is 0 Å². The lowest BCUT2D eigenvalue weighted by Crippen LogP contribution is -2.02. The Kier molecular flexibility index (Phi) is 8.29. The molecular weight excluding hydrogens is 853 g/mol. The number of benzene rings is 12. The summed E-state index contributed by atoms with van der Waals surface area (Å²) in [5.41, 5.74) is 9.79. The second kappa shape index (κ2) is 15.0. The molecule has 5 nitrogen and oxygen atoms in total. The van der Waals surface area contributed by atoms with Crippen LogP contribution in [0.4, 0.5) is 0 Å². The van der Waals surface area contributed by atoms with Gasteiger partial charge in [-0.25, -0.2) is 15.0 Å². The van der Waals surface area contributed by atoms with E-state index in [1.165, 1.54) is 48.5 Å². The molecule has 0 aliphatic carbocycles. The van der Waals surface area contributed by atoms with Gasteiger partial charge in [-0.15, -0.1) is 0 Å². The van der Waals surface area contributed by atoms with Gasteiger partial charge in [0, 0.05) is 43.8 Å². The smallest absolute Gasteiger partial charge is 0.164 e. The largest absolute Gasteiger partial charge is 0.456 e. The molecule has 0 amide bonds. The Balaban J connectivity index is 1.01. The number of hydrogen-bond donors (Lipinski definition) is 0. The van der Waals surface area contributed by atoms with Crippen molar-refractivity contribution in [2.45, 2.75) is 0 Å². The van der Waals surface area contributed by atoms with E-state index in [0.717, 1.165) is 82.6 Å². The van der Waals surface area contributed by atoms with Crippen LogP contribution in [0, 0.1) is 0 Å². The van der Waals surface area contributed by atoms with Crippen LogP contribution in [0.1, 0.15) is 0 Å². The first-order valence-corrected chi connectivity index (χ1v) is 23.7. The van der Waals surface area contributed by atoms with E-state index in [9.17, 15) is 0 Å². The zero-order chi connectivity index (χ0) is 45.9. The predicted molar refractivity (Wildman–Crippen MR) is 291 cm³/mol. The average Bonchev–Trinajstić information content (AvgIpc) is 3.96. The lowest BCUT2D eigenvalue weighted by atomic mass is 9.93. The topological polar surface area (TPSA) is 56.7 Å². The summed E-state index contributed by atoms with van der Waals surface area (Å²) in [5.74, 6) is 1.81. The van der Waals surface area contributed by atoms with Gasteiger partial charge in [-0.2, -0.15) is 0 Å². The molecule has 0 spiro atoms. The minimum atomic E-state index is 0.587. The zero-order valence-corrected chi connectivity index (χ0v) is 37.6. The molecule has 0 N–H and O–H groups in total. The zero-order valence-electron chi connectivity index (χ0n) is 37.6. The maximum Gasteiger partial charge on any atom is 0.164 e. The number of fused-ring (bicyclic) bond motifs is 14. The highest BCUT2D eigenvalue weighted by atomic mass is 16.3. The lowest BCUT2D eigenvalue weighted by Gasteiger charge is -2.17. The molecule has 0 aliphatic heterocycles. The van der Waals surface area contributed by atoms with Crippen LogP contribution < -0.4 is 0 Å². The molecule has 0 saturated heterocycles. The van der Waals surface area contributed by atoms with Crippen LogP contribution in [0.15, 0.2) is 235 Å². The van der Waals surface area contributed by atoms with Crippen LogP contribution in [0.25, 0.3) is 149 Å². The van der Waals surface area contributed by atoms with Crippen molar-refractivity contribution in [1.29, 1.82) is 0 Å². The summed E-state index contributed by atoms with van der Waals surface area (Å²) in [4.78, 5) is 15.9. The van der Waals surface area contributed by atoms with Crippen molar-refractivity contribution < 1.29 is 4.42 Å². The van der Waals surface area contributed by atoms with E-state index in [2.05, 4.69) is 217 Å². The van der Waals surface area contributed by atoms with Gasteiger partial charge in [0.15, 0.2) is 17.5 Å². The molecule has 5 heteroatoms. The van der Waals surface area contributed by atoms with Gasteiger partial charge in [-0.1, -0.05) is 170 Å². The summed E-state index contributed by atoms with van der Waals surface area (Å²) in [6.45, 7) is 0. The van der Waals surface area contributed by atoms with Crippen molar-refractivity contribution in [2.24, 2.45) is 0 Å². The number of furan rings is 1. The third-order valence-electron chi connectivity index (χ3n) is 14.4. The van der Waals surface area contributed by atoms with Crippen molar-refractivity contribution in [3.8, 4) is 51.0 Å². The Morgan fingerprint density at radius 3 is 1.51 bits per heavy atom. The number of rotatable bonds is 5. The van der Waals surface area contributed by atoms with Gasteiger partial charge in [0.1, 0.15) is 11.2 Å². The molecule has 0 radical (unpaired) electrons. The minimum absolute atomic E-state index is 0.587. The molecule has 0 fully saturated rings. The number of para-hydroxylation sites is 1. The van der Waals surface area contributed by atoms with Gasteiger partial charge in [0.05, 0.1) is 16.7 Å². The molecule has 12 aromatic carbocycles. The van der Waals surface area contributed by atoms with Gasteiger partial charge in [-0.3, -0.25) is 0 Å². The van der Waals surface area contributed by atoms with Crippen LogP contribution >= 0.6 is 0 Å². The summed E-state index contributed by atoms with van der Waals surface area (Å²) in [6, 6.07) is 82.3. The highest BCUT2D eigenvalue weighted by molar-refractivity contribution is 6.26. The second-order valence-electron chi connectivity index (χ2n) is 18.3. The van der Waals surface area contributed by atoms with Gasteiger partial charge in [-0.05, 0) is 120 Å². The summed E-state index contributed by atoms with van der Waals surface area (Å²) in [7, 11) is 0. The van der Waals surface area contributed by atoms with Crippen LogP contribution in [-0.4, -0.2) is 19.5 Å². The van der Waals surface area contributed by atoms with Crippen LogP contribution in [-0.2, 0) is 0 Å². The number of nitrogens with zero attached hydrogens (tertiary/aromatic N) is 4. The summed E-state index contributed by atoms with van der Waals surface area (Å²) in [5, 5.41) is 16.5. The molecule has 324 valence electrons. The van der Waals surface area contributed by atoms with Gasteiger partial charge in [0.25, 0.3) is 0 Å². The second-order valence-corrected chi connectivity index (χ2v) is 18.3. The van der Waals surface area contributed by atoms with E-state index >= 15 is 0 Å². The first kappa shape index (κ1) is 38.6. The fourth-order valence-corrected chi connectivity index (χ4v) is 11.1. The quantitative estimate of drug-likeness (QED) is 0.162. The van der Waals surface area contributed by atoms with E-state index < -0.39 is 0 Å². The Labute approximate surface area is 401 Å². The van der Waals surface area contributed by atoms with Crippen molar-refractivity contribution in [3.05, 3.63) is 231 Å². The van der Waals surface area contributed by atoms with Crippen molar-refractivity contribution >= 4 is 97.6 Å². The summed E-state index contributed by atoms with van der Waals surface area (Å²) in [6.07, 6.45) is 0. The maximum absolute atomic E-state index is 6.73. The summed E-state index contributed by atoms with van der Waals surface area (Å²) >= 11 is 0. The Morgan fingerprint density at radius 2 is 0.814 bits per heavy atom. The Bertz CT molecular complexity index is 4630. The van der Waals surface area contributed by atoms with E-state index in [1.54, 1.807) is 0 Å². The van der Waals surface area contributed by atoms with Crippen LogP contribution in [0.3, 0.4) is 0 Å². The van der Waals surface area contributed by atoms with Crippen molar-refractivity contribution in [1.82, 2.24) is 19.5 Å². The normalized spacial score (nSPS) is 12.0. The number of hydrogen-bond acceptors (Lipinski definition) is 4. The first-order chi connectivity index (χ1) is 34.7. The fraction of sp³-hybridized carbons (Fsp3) is 0. The van der Waals surface area contributed by atoms with Crippen LogP contribution in [0.2, 0.25) is 0 Å². The first-order valence-electron chi connectivity index (χ1n) is 23.7. The third kappa shape index (κ3) is 5.88. The molecule has 0 aliphatic rings. The van der Waals surface area contributed by atoms with Gasteiger partial charge >= 0.3 is 0 Å². The average molecular weight is 891 g/mol.